The highest BCUT2D eigenvalue weighted by Crippen LogP contribution is 2.38. The number of halogens is 6. The van der Waals surface area contributed by atoms with Crippen LogP contribution in [-0.4, -0.2) is 19.0 Å². The monoisotopic (exact) mass is 347 g/mol. The molecular formula is C17H15F6N. The largest absolute Gasteiger partial charge is 0.416 e. The van der Waals surface area contributed by atoms with Crippen LogP contribution in [0.1, 0.15) is 16.7 Å². The molecule has 0 atom stereocenters. The minimum Gasteiger partial charge on any atom is -0.305 e. The van der Waals surface area contributed by atoms with Crippen molar-refractivity contribution in [1.82, 2.24) is 4.90 Å². The normalized spacial score (nSPS) is 12.7. The first-order valence-electron chi connectivity index (χ1n) is 7.00. The van der Waals surface area contributed by atoms with Crippen LogP contribution in [0.15, 0.2) is 42.5 Å². The first-order valence-corrected chi connectivity index (χ1v) is 7.00. The van der Waals surface area contributed by atoms with Crippen LogP contribution in [0.4, 0.5) is 26.3 Å². The lowest BCUT2D eigenvalue weighted by Gasteiger charge is -2.15. The smallest absolute Gasteiger partial charge is 0.305 e. The third-order valence-electron chi connectivity index (χ3n) is 3.37. The van der Waals surface area contributed by atoms with Gasteiger partial charge in [0.05, 0.1) is 11.1 Å². The summed E-state index contributed by atoms with van der Waals surface area (Å²) in [6.45, 7) is 0.622. The number of hydrogen-bond donors (Lipinski definition) is 0. The van der Waals surface area contributed by atoms with E-state index in [-0.39, 0.29) is 11.6 Å². The lowest BCUT2D eigenvalue weighted by molar-refractivity contribution is -0.143. The predicted octanol–water partition coefficient (Wildman–Crippen LogP) is 5.45. The summed E-state index contributed by atoms with van der Waals surface area (Å²) in [6.07, 6.45) is -9.69. The lowest BCUT2D eigenvalue weighted by atomic mass is 9.98. The van der Waals surface area contributed by atoms with Gasteiger partial charge < -0.3 is 4.90 Å². The Bertz CT molecular complexity index is 666. The van der Waals surface area contributed by atoms with E-state index in [1.165, 1.54) is 12.1 Å². The molecular weight excluding hydrogens is 332 g/mol. The first kappa shape index (κ1) is 18.3. The lowest BCUT2D eigenvalue weighted by Crippen LogP contribution is -2.11. The number of benzene rings is 2. The molecule has 130 valence electrons. The second kappa shape index (κ2) is 6.47. The van der Waals surface area contributed by atoms with Crippen LogP contribution in [0.5, 0.6) is 0 Å². The Hall–Kier alpha value is -2.02. The Morgan fingerprint density at radius 3 is 1.54 bits per heavy atom. The van der Waals surface area contributed by atoms with Gasteiger partial charge in [-0.15, -0.1) is 0 Å². The van der Waals surface area contributed by atoms with Crippen LogP contribution in [0.25, 0.3) is 11.1 Å². The van der Waals surface area contributed by atoms with E-state index in [1.54, 1.807) is 12.1 Å². The van der Waals surface area contributed by atoms with E-state index in [1.807, 2.05) is 19.0 Å². The van der Waals surface area contributed by atoms with Gasteiger partial charge in [-0.3, -0.25) is 0 Å². The molecule has 0 fully saturated rings. The second-order valence-electron chi connectivity index (χ2n) is 5.73. The average molecular weight is 347 g/mol. The molecule has 0 saturated heterocycles. The van der Waals surface area contributed by atoms with Gasteiger partial charge in [-0.2, -0.15) is 26.3 Å². The van der Waals surface area contributed by atoms with Crippen molar-refractivity contribution >= 4 is 0 Å². The molecule has 1 nitrogen and oxygen atoms in total. The van der Waals surface area contributed by atoms with Gasteiger partial charge in [0.25, 0.3) is 0 Å². The van der Waals surface area contributed by atoms with Crippen LogP contribution >= 0.6 is 0 Å². The van der Waals surface area contributed by atoms with Crippen molar-refractivity contribution in [3.63, 3.8) is 0 Å². The maximum atomic E-state index is 12.9. The zero-order chi connectivity index (χ0) is 18.1. The van der Waals surface area contributed by atoms with Gasteiger partial charge in [0, 0.05) is 6.54 Å². The van der Waals surface area contributed by atoms with Gasteiger partial charge >= 0.3 is 12.4 Å². The highest BCUT2D eigenvalue weighted by Gasteiger charge is 2.36. The summed E-state index contributed by atoms with van der Waals surface area (Å²) in [5.41, 5.74) is -1.54. The summed E-state index contributed by atoms with van der Waals surface area (Å²) in [7, 11) is 3.71. The van der Waals surface area contributed by atoms with Crippen molar-refractivity contribution in [2.45, 2.75) is 18.9 Å². The van der Waals surface area contributed by atoms with Crippen molar-refractivity contribution in [2.75, 3.05) is 14.1 Å². The average Bonchev–Trinajstić information content (AvgIpc) is 2.45. The third-order valence-corrected chi connectivity index (χ3v) is 3.37. The Balaban J connectivity index is 2.49. The van der Waals surface area contributed by atoms with E-state index < -0.39 is 23.5 Å². The zero-order valence-electron chi connectivity index (χ0n) is 13.0. The van der Waals surface area contributed by atoms with E-state index in [0.29, 0.717) is 12.1 Å². The molecule has 0 amide bonds. The summed E-state index contributed by atoms with van der Waals surface area (Å²) >= 11 is 0. The second-order valence-corrected chi connectivity index (χ2v) is 5.73. The molecule has 0 aliphatic heterocycles. The summed E-state index contributed by atoms with van der Waals surface area (Å²) < 4.78 is 77.3. The molecule has 0 spiro atoms. The summed E-state index contributed by atoms with van der Waals surface area (Å²) in [5, 5.41) is 0. The molecule has 2 aromatic carbocycles. The van der Waals surface area contributed by atoms with Crippen molar-refractivity contribution in [3.8, 4) is 11.1 Å². The zero-order valence-corrected chi connectivity index (χ0v) is 13.0. The van der Waals surface area contributed by atoms with E-state index in [0.717, 1.165) is 17.7 Å². The van der Waals surface area contributed by atoms with E-state index in [2.05, 4.69) is 0 Å². The number of alkyl halides is 6. The van der Waals surface area contributed by atoms with Crippen molar-refractivity contribution < 1.29 is 26.3 Å². The Labute approximate surface area is 135 Å². The molecule has 2 aromatic rings. The summed E-state index contributed by atoms with van der Waals surface area (Å²) in [4.78, 5) is 1.90. The van der Waals surface area contributed by atoms with Crippen LogP contribution in [-0.2, 0) is 18.9 Å². The highest BCUT2D eigenvalue weighted by molar-refractivity contribution is 5.66. The van der Waals surface area contributed by atoms with E-state index >= 15 is 0 Å². The van der Waals surface area contributed by atoms with E-state index in [4.69, 9.17) is 0 Å². The summed E-state index contributed by atoms with van der Waals surface area (Å²) in [5.74, 6) is 0. The maximum Gasteiger partial charge on any atom is 0.416 e. The van der Waals surface area contributed by atoms with Gasteiger partial charge in [0.1, 0.15) is 0 Å². The standard InChI is InChI=1S/C17H15F6N/c1-24(2)10-11-3-5-12(6-4-11)13-7-14(16(18,19)20)9-15(8-13)17(21,22)23/h3-9H,10H2,1-2H3. The fourth-order valence-corrected chi connectivity index (χ4v) is 2.29. The van der Waals surface area contributed by atoms with Gasteiger partial charge in [-0.05, 0) is 49.0 Å². The van der Waals surface area contributed by atoms with Gasteiger partial charge in [-0.1, -0.05) is 24.3 Å². The molecule has 0 bridgehead atoms. The molecule has 0 aliphatic rings. The first-order chi connectivity index (χ1) is 11.0. The summed E-state index contributed by atoms with van der Waals surface area (Å²) in [6, 6.07) is 8.00. The fourth-order valence-electron chi connectivity index (χ4n) is 2.29. The molecule has 0 radical (unpaired) electrons. The topological polar surface area (TPSA) is 3.24 Å². The SMILES string of the molecule is CN(C)Cc1ccc(-c2cc(C(F)(F)F)cc(C(F)(F)F)c2)cc1. The Morgan fingerprint density at radius 1 is 0.708 bits per heavy atom. The Kier molecular flexibility index (Phi) is 4.94. The van der Waals surface area contributed by atoms with Gasteiger partial charge in [0.15, 0.2) is 0 Å². The fraction of sp³-hybridized carbons (Fsp3) is 0.294. The minimum absolute atomic E-state index is 0.117. The number of rotatable bonds is 3. The number of hydrogen-bond acceptors (Lipinski definition) is 1. The van der Waals surface area contributed by atoms with Gasteiger partial charge in [-0.25, -0.2) is 0 Å². The molecule has 0 N–H and O–H groups in total. The van der Waals surface area contributed by atoms with Crippen LogP contribution in [0.3, 0.4) is 0 Å². The van der Waals surface area contributed by atoms with Crippen molar-refractivity contribution in [3.05, 3.63) is 59.2 Å². The predicted molar refractivity (Wildman–Crippen MR) is 79.3 cm³/mol. The molecule has 0 heterocycles. The molecule has 7 heteroatoms. The van der Waals surface area contributed by atoms with Crippen LogP contribution in [0.2, 0.25) is 0 Å². The maximum absolute atomic E-state index is 12.9. The molecule has 2 rings (SSSR count). The third kappa shape index (κ3) is 4.50. The van der Waals surface area contributed by atoms with Crippen molar-refractivity contribution in [1.29, 1.82) is 0 Å². The van der Waals surface area contributed by atoms with Gasteiger partial charge in [0.2, 0.25) is 0 Å². The molecule has 0 saturated carbocycles. The van der Waals surface area contributed by atoms with E-state index in [9.17, 15) is 26.3 Å². The molecule has 0 aliphatic carbocycles. The highest BCUT2D eigenvalue weighted by atomic mass is 19.4. The minimum atomic E-state index is -4.85. The molecule has 24 heavy (non-hydrogen) atoms. The molecule has 0 unspecified atom stereocenters. The Morgan fingerprint density at radius 2 is 1.17 bits per heavy atom. The molecule has 0 aromatic heterocycles. The van der Waals surface area contributed by atoms with Crippen LogP contribution in [0, 0.1) is 0 Å². The number of nitrogens with zero attached hydrogens (tertiary/aromatic N) is 1. The van der Waals surface area contributed by atoms with Crippen molar-refractivity contribution in [2.24, 2.45) is 0 Å². The quantitative estimate of drug-likeness (QED) is 0.667. The van der Waals surface area contributed by atoms with Crippen LogP contribution < -0.4 is 0 Å².